The summed E-state index contributed by atoms with van der Waals surface area (Å²) in [5.41, 5.74) is 5.32. The Morgan fingerprint density at radius 3 is 1.27 bits per heavy atom. The molecule has 0 bridgehead atoms. The van der Waals surface area contributed by atoms with Gasteiger partial charge in [0, 0.05) is 18.9 Å². The Morgan fingerprint density at radius 1 is 0.380 bits per heavy atom. The minimum absolute atomic E-state index is 0.00101. The number of rotatable bonds is 50. The molecule has 12 rings (SSSR count). The fourth-order valence-electron chi connectivity index (χ4n) is 18.4. The number of methoxy groups -OCH3 is 6. The van der Waals surface area contributed by atoms with Crippen LogP contribution >= 0.6 is 0 Å². The maximum atomic E-state index is 15.5. The van der Waals surface area contributed by atoms with E-state index in [-0.39, 0.29) is 65.2 Å². The van der Waals surface area contributed by atoms with Crippen LogP contribution in [0.25, 0.3) is 6.08 Å². The van der Waals surface area contributed by atoms with Crippen molar-refractivity contribution in [3.63, 3.8) is 0 Å². The van der Waals surface area contributed by atoms with Crippen molar-refractivity contribution in [2.75, 3.05) is 49.3 Å². The number of unbranched alkanes of at least 4 members (excludes halogenated alkanes) is 10. The highest BCUT2D eigenvalue weighted by Gasteiger charge is 2.60. The van der Waals surface area contributed by atoms with Crippen molar-refractivity contribution < 1.29 is 133 Å². The number of esters is 4. The zero-order valence-electron chi connectivity index (χ0n) is 85.5. The lowest BCUT2D eigenvalue weighted by Gasteiger charge is -2.51. The average molecular weight is 1970 g/mol. The molecule has 5 aliphatic heterocycles. The van der Waals surface area contributed by atoms with Crippen LogP contribution in [0.2, 0.25) is 0 Å². The van der Waals surface area contributed by atoms with Gasteiger partial charge in [-0.05, 0) is 171 Å². The van der Waals surface area contributed by atoms with Gasteiger partial charge in [-0.1, -0.05) is 240 Å². The van der Waals surface area contributed by atoms with E-state index in [1.807, 2.05) is 171 Å². The van der Waals surface area contributed by atoms with Crippen molar-refractivity contribution >= 4 is 30.0 Å². The van der Waals surface area contributed by atoms with E-state index in [0.717, 1.165) is 106 Å². The predicted molar refractivity (Wildman–Crippen MR) is 534 cm³/mol. The Morgan fingerprint density at radius 2 is 0.782 bits per heavy atom. The molecule has 28 heteroatoms. The second-order valence-corrected chi connectivity index (χ2v) is 37.6. The Bertz CT molecular complexity index is 4780. The van der Waals surface area contributed by atoms with Gasteiger partial charge in [-0.2, -0.15) is 0 Å². The summed E-state index contributed by atoms with van der Waals surface area (Å²) in [6, 6.07) is 54.2. The molecule has 7 aromatic carbocycles. The molecule has 0 unspecified atom stereocenters. The number of carbonyl (C=O) groups excluding carboxylic acids is 4. The number of ether oxygens (including phenoxy) is 24. The Hall–Kier alpha value is -9.60. The third kappa shape index (κ3) is 34.3. The first-order valence-corrected chi connectivity index (χ1v) is 51.5. The molecule has 0 saturated carbocycles. The van der Waals surface area contributed by atoms with Crippen molar-refractivity contribution in [2.24, 2.45) is 5.92 Å². The zero-order valence-corrected chi connectivity index (χ0v) is 85.5. The van der Waals surface area contributed by atoms with Crippen LogP contribution in [0, 0.1) is 5.92 Å². The number of fused-ring (bicyclic) bond motifs is 2. The van der Waals surface area contributed by atoms with Crippen molar-refractivity contribution in [1.82, 2.24) is 0 Å². The molecule has 0 spiro atoms. The summed E-state index contributed by atoms with van der Waals surface area (Å²) in [5, 5.41) is 0. The molecule has 5 saturated heterocycles. The number of carbonyl (C=O) groups is 4. The number of hydrogen-bond acceptors (Lipinski definition) is 28. The molecule has 7 aromatic rings. The molecule has 0 amide bonds. The van der Waals surface area contributed by atoms with Crippen LogP contribution in [0.4, 0.5) is 0 Å². The third-order valence-corrected chi connectivity index (χ3v) is 27.0. The average Bonchev–Trinajstić information content (AvgIpc) is 0.754. The highest BCUT2D eigenvalue weighted by molar-refractivity contribution is 5.87. The lowest BCUT2D eigenvalue weighted by Crippen LogP contribution is -2.68. The first-order valence-electron chi connectivity index (χ1n) is 51.5. The lowest BCUT2D eigenvalue weighted by molar-refractivity contribution is -0.396. The van der Waals surface area contributed by atoms with Crippen LogP contribution in [0.15, 0.2) is 182 Å². The van der Waals surface area contributed by atoms with Gasteiger partial charge in [0.25, 0.3) is 0 Å². The Labute approximate surface area is 840 Å². The standard InChI is InChI=1S/C114H154O28/c1-14-17-19-20-21-22-25-28-35-41-95(115)136-98-77(5)131-111(106(138-97(117)68-55-80-37-32-30-33-38-80)102(98)127-71-83-47-60-89(121-10)61-48-83)140-100-79(7)133-113(108(139-110(118)76(4)16-3)104(100)129-73-85-51-64-91(123-12)65-52-85)141-99-78(6)132-112-107(103(99)128-72-84-49-62-90(122-11)63-50-84)137-96(116)42-36-29-26-23-24-27-34-40-93(39-31-18-15-2)134-114-109(142-112)105(130-74-86-53-66-92(124-13)67-54-86)101(126-70-82-45-58-88(120-9)59-46-82)94(135-114)75-125-69-81-43-56-87(119-8)57-44-81/h30,32-33,37-38,43-68,76-79,93-94,98-109,111-114H,14-29,31,34-36,39-42,69-75H2,1-13H3/b68-55+/t76-,77-,78-,79-,93-,94+,98-,99-,100-,101+,102+,103+,104+,105-,106+,107+,108+,109+,111-,112-,113-,114+/m0/s1. The van der Waals surface area contributed by atoms with Crippen molar-refractivity contribution in [1.29, 1.82) is 0 Å². The molecule has 778 valence electrons. The largest absolute Gasteiger partial charge is 0.497 e. The third-order valence-electron chi connectivity index (χ3n) is 27.0. The summed E-state index contributed by atoms with van der Waals surface area (Å²) in [6.07, 6.45) is -3.34. The van der Waals surface area contributed by atoms with E-state index in [9.17, 15) is 9.59 Å². The van der Waals surface area contributed by atoms with E-state index < -0.39 is 153 Å². The SMILES string of the molecule is CCCCCCCCCCCC(=O)O[C@@H]1[C@@H](OCc2ccc(OC)cc2)[C@@H](OC(=O)/C=C/c2ccccc2)[C@H](O[C@@H]2[C@@H](OCc3ccc(OC)cc3)[C@@H](OC(=O)[C@@H](C)CC)[C@H](O[C@@H]3[C@@H](OCc4ccc(OC)cc4)[C@H]4OC(=O)CCCCCCCCC[C@H](CCCCC)O[C@@H]5O[C@H](COCc6ccc(OC)cc6)[C@@H](OCc6ccc(OC)cc6)[C@H](OCc6ccc(OC)cc6)[C@H]5O[C@@H]4O[C@H]3C)O[C@H]2C)O[C@H]1C. The van der Waals surface area contributed by atoms with E-state index in [1.165, 1.54) is 31.8 Å². The Balaban J connectivity index is 0.968. The second kappa shape index (κ2) is 59.7. The molecule has 5 fully saturated rings. The first-order chi connectivity index (χ1) is 69.3. The Kier molecular flexibility index (Phi) is 46.8. The molecule has 5 heterocycles. The van der Waals surface area contributed by atoms with Crippen LogP contribution < -0.4 is 28.4 Å². The maximum absolute atomic E-state index is 15.5. The summed E-state index contributed by atoms with van der Waals surface area (Å²) in [5.74, 6) is 0.617. The summed E-state index contributed by atoms with van der Waals surface area (Å²) in [6.45, 7) is 13.3. The van der Waals surface area contributed by atoms with Crippen molar-refractivity contribution in [3.05, 3.63) is 221 Å². The van der Waals surface area contributed by atoms with E-state index in [0.29, 0.717) is 83.3 Å². The molecule has 0 aliphatic carbocycles. The van der Waals surface area contributed by atoms with E-state index in [2.05, 4.69) is 13.8 Å². The quantitative estimate of drug-likeness (QED) is 0.0148. The van der Waals surface area contributed by atoms with E-state index in [4.69, 9.17) is 114 Å². The van der Waals surface area contributed by atoms with Gasteiger partial charge in [0.2, 0.25) is 0 Å². The smallest absolute Gasteiger partial charge is 0.331 e. The molecule has 142 heavy (non-hydrogen) atoms. The van der Waals surface area contributed by atoms with Crippen LogP contribution in [0.3, 0.4) is 0 Å². The predicted octanol–water partition coefficient (Wildman–Crippen LogP) is 21.1. The van der Waals surface area contributed by atoms with E-state index in [1.54, 1.807) is 88.6 Å². The minimum Gasteiger partial charge on any atom is -0.497 e. The summed E-state index contributed by atoms with van der Waals surface area (Å²) >= 11 is 0. The second-order valence-electron chi connectivity index (χ2n) is 37.6. The number of benzene rings is 7. The van der Waals surface area contributed by atoms with Gasteiger partial charge in [-0.25, -0.2) is 4.79 Å². The van der Waals surface area contributed by atoms with Gasteiger partial charge in [0.1, 0.15) is 89.4 Å². The summed E-state index contributed by atoms with van der Waals surface area (Å²) in [4.78, 5) is 60.3. The van der Waals surface area contributed by atoms with E-state index >= 15 is 9.59 Å². The van der Waals surface area contributed by atoms with Crippen LogP contribution in [0.5, 0.6) is 34.5 Å². The van der Waals surface area contributed by atoms with Gasteiger partial charge in [-0.3, -0.25) is 14.4 Å². The highest BCUT2D eigenvalue weighted by Crippen LogP contribution is 2.43. The topological polar surface area (TPSA) is 290 Å². The summed E-state index contributed by atoms with van der Waals surface area (Å²) in [7, 11) is 9.62. The van der Waals surface area contributed by atoms with Gasteiger partial charge < -0.3 is 114 Å². The maximum Gasteiger partial charge on any atom is 0.331 e. The molecular formula is C114H154O28. The van der Waals surface area contributed by atoms with Gasteiger partial charge in [0.05, 0.1) is 119 Å². The number of hydrogen-bond donors (Lipinski definition) is 0. The van der Waals surface area contributed by atoms with Crippen LogP contribution in [0.1, 0.15) is 242 Å². The lowest BCUT2D eigenvalue weighted by atomic mass is 9.95. The minimum atomic E-state index is -1.62. The molecule has 5 aliphatic rings. The zero-order chi connectivity index (χ0) is 100. The monoisotopic (exact) mass is 1970 g/mol. The van der Waals surface area contributed by atoms with Gasteiger partial charge in [-0.15, -0.1) is 0 Å². The normalized spacial score (nSPS) is 26.5. The van der Waals surface area contributed by atoms with Gasteiger partial charge in [0.15, 0.2) is 49.6 Å². The van der Waals surface area contributed by atoms with Gasteiger partial charge >= 0.3 is 23.9 Å². The molecule has 28 nitrogen and oxygen atoms in total. The van der Waals surface area contributed by atoms with Crippen LogP contribution in [-0.4, -0.2) is 202 Å². The fourth-order valence-corrected chi connectivity index (χ4v) is 18.4. The van der Waals surface area contributed by atoms with Crippen LogP contribution in [-0.2, 0) is 144 Å². The molecule has 0 radical (unpaired) electrons. The molecule has 22 atom stereocenters. The molecule has 0 N–H and O–H groups in total. The first kappa shape index (κ1) is 111. The molecule has 0 aromatic heterocycles. The summed E-state index contributed by atoms with van der Waals surface area (Å²) < 4.78 is 164. The fraction of sp³-hybridized carbons (Fsp3) is 0.579. The van der Waals surface area contributed by atoms with Crippen molar-refractivity contribution in [2.45, 2.75) is 371 Å². The van der Waals surface area contributed by atoms with Crippen molar-refractivity contribution in [3.8, 4) is 34.5 Å². The highest BCUT2D eigenvalue weighted by atomic mass is 16.8. The molecular weight excluding hydrogens is 1820 g/mol.